The van der Waals surface area contributed by atoms with E-state index in [1.807, 2.05) is 39.9 Å². The monoisotopic (exact) mass is 339 g/mol. The second kappa shape index (κ2) is 7.40. The van der Waals surface area contributed by atoms with Crippen molar-refractivity contribution in [2.24, 2.45) is 0 Å². The van der Waals surface area contributed by atoms with Crippen LogP contribution in [0.3, 0.4) is 0 Å². The maximum absolute atomic E-state index is 12.8. The molecule has 2 fully saturated rings. The van der Waals surface area contributed by atoms with Gasteiger partial charge in [-0.25, -0.2) is 4.98 Å². The van der Waals surface area contributed by atoms with Crippen LogP contribution in [0.1, 0.15) is 48.9 Å². The van der Waals surface area contributed by atoms with Gasteiger partial charge < -0.3 is 14.2 Å². The van der Waals surface area contributed by atoms with Crippen LogP contribution in [-0.4, -0.2) is 45.7 Å². The van der Waals surface area contributed by atoms with Gasteiger partial charge in [0, 0.05) is 36.7 Å². The first-order chi connectivity index (χ1) is 12.3. The Balaban J connectivity index is 1.36. The number of likely N-dealkylation sites (tertiary alicyclic amines) is 1. The van der Waals surface area contributed by atoms with E-state index in [1.54, 1.807) is 12.5 Å². The maximum atomic E-state index is 12.8. The van der Waals surface area contributed by atoms with Crippen LogP contribution in [0, 0.1) is 0 Å². The van der Waals surface area contributed by atoms with Crippen LogP contribution in [0.4, 0.5) is 0 Å². The van der Waals surface area contributed by atoms with Gasteiger partial charge in [-0.05, 0) is 43.9 Å². The summed E-state index contributed by atoms with van der Waals surface area (Å²) in [6.45, 7) is 1.57. The number of imidazole rings is 1. The molecule has 5 nitrogen and oxygen atoms in total. The van der Waals surface area contributed by atoms with Gasteiger partial charge in [0.15, 0.2) is 0 Å². The van der Waals surface area contributed by atoms with Crippen molar-refractivity contribution in [3.63, 3.8) is 0 Å². The number of amides is 1. The molecule has 1 aromatic carbocycles. The van der Waals surface area contributed by atoms with Gasteiger partial charge in [0.2, 0.25) is 0 Å². The lowest BCUT2D eigenvalue weighted by molar-refractivity contribution is -0.0357. The summed E-state index contributed by atoms with van der Waals surface area (Å²) in [5.74, 6) is 0.112. The molecule has 1 aliphatic carbocycles. The molecule has 0 spiro atoms. The molecule has 5 heteroatoms. The Morgan fingerprint density at radius 2 is 1.84 bits per heavy atom. The molecule has 2 heterocycles. The van der Waals surface area contributed by atoms with E-state index >= 15 is 0 Å². The SMILES string of the molecule is O=C(c1cccc(-n2ccnc2)c1)N1CCC(OC2CCCC2)CC1. The van der Waals surface area contributed by atoms with Crippen LogP contribution in [0.2, 0.25) is 0 Å². The summed E-state index contributed by atoms with van der Waals surface area (Å²) in [6.07, 6.45) is 13.1. The number of carbonyl (C=O) groups is 1. The minimum atomic E-state index is 0.112. The highest BCUT2D eigenvalue weighted by Gasteiger charge is 2.27. The fraction of sp³-hybridized carbons (Fsp3) is 0.500. The van der Waals surface area contributed by atoms with Crippen molar-refractivity contribution in [3.05, 3.63) is 48.5 Å². The van der Waals surface area contributed by atoms with Gasteiger partial charge >= 0.3 is 0 Å². The average molecular weight is 339 g/mol. The van der Waals surface area contributed by atoms with E-state index in [0.717, 1.165) is 37.2 Å². The predicted molar refractivity (Wildman–Crippen MR) is 95.8 cm³/mol. The summed E-state index contributed by atoms with van der Waals surface area (Å²) >= 11 is 0. The quantitative estimate of drug-likeness (QED) is 0.857. The summed E-state index contributed by atoms with van der Waals surface area (Å²) < 4.78 is 8.12. The topological polar surface area (TPSA) is 47.4 Å². The molecule has 1 aliphatic heterocycles. The lowest BCUT2D eigenvalue weighted by Gasteiger charge is -2.33. The average Bonchev–Trinajstić information content (AvgIpc) is 3.36. The molecule has 0 N–H and O–H groups in total. The fourth-order valence-electron chi connectivity index (χ4n) is 3.89. The number of piperidine rings is 1. The van der Waals surface area contributed by atoms with Gasteiger partial charge in [0.25, 0.3) is 5.91 Å². The highest BCUT2D eigenvalue weighted by molar-refractivity contribution is 5.94. The van der Waals surface area contributed by atoms with E-state index in [1.165, 1.54) is 25.7 Å². The Morgan fingerprint density at radius 3 is 2.56 bits per heavy atom. The smallest absolute Gasteiger partial charge is 0.253 e. The molecule has 0 radical (unpaired) electrons. The molecule has 25 heavy (non-hydrogen) atoms. The second-order valence-corrected chi connectivity index (χ2v) is 7.05. The zero-order valence-electron chi connectivity index (χ0n) is 14.5. The molecule has 1 saturated heterocycles. The number of rotatable bonds is 4. The molecular weight excluding hydrogens is 314 g/mol. The van der Waals surface area contributed by atoms with E-state index in [-0.39, 0.29) is 5.91 Å². The third-order valence-corrected chi connectivity index (χ3v) is 5.31. The first-order valence-corrected chi connectivity index (χ1v) is 9.33. The van der Waals surface area contributed by atoms with Gasteiger partial charge in [-0.1, -0.05) is 18.9 Å². The summed E-state index contributed by atoms with van der Waals surface area (Å²) in [6, 6.07) is 7.74. The highest BCUT2D eigenvalue weighted by atomic mass is 16.5. The van der Waals surface area contributed by atoms with E-state index in [4.69, 9.17) is 4.74 Å². The Hall–Kier alpha value is -2.14. The lowest BCUT2D eigenvalue weighted by Crippen LogP contribution is -2.41. The van der Waals surface area contributed by atoms with E-state index in [0.29, 0.717) is 12.2 Å². The van der Waals surface area contributed by atoms with Crippen molar-refractivity contribution in [2.45, 2.75) is 50.7 Å². The van der Waals surface area contributed by atoms with Crippen LogP contribution in [0.25, 0.3) is 5.69 Å². The summed E-state index contributed by atoms with van der Waals surface area (Å²) in [7, 11) is 0. The number of ether oxygens (including phenoxy) is 1. The first-order valence-electron chi connectivity index (χ1n) is 9.33. The van der Waals surface area contributed by atoms with E-state index in [2.05, 4.69) is 4.98 Å². The molecule has 132 valence electrons. The van der Waals surface area contributed by atoms with Crippen LogP contribution in [0.15, 0.2) is 43.0 Å². The molecule has 1 amide bonds. The summed E-state index contributed by atoms with van der Waals surface area (Å²) in [4.78, 5) is 18.9. The molecule has 0 unspecified atom stereocenters. The molecule has 2 aliphatic rings. The lowest BCUT2D eigenvalue weighted by atomic mass is 10.1. The normalized spacial score (nSPS) is 19.4. The van der Waals surface area contributed by atoms with Gasteiger partial charge in [0.1, 0.15) is 0 Å². The van der Waals surface area contributed by atoms with Crippen LogP contribution in [0.5, 0.6) is 0 Å². The molecule has 4 rings (SSSR count). The molecule has 1 saturated carbocycles. The Labute approximate surface area is 148 Å². The molecule has 0 bridgehead atoms. The van der Waals surface area contributed by atoms with Gasteiger partial charge in [-0.2, -0.15) is 0 Å². The number of hydrogen-bond donors (Lipinski definition) is 0. The predicted octanol–water partition coefficient (Wildman–Crippen LogP) is 3.44. The van der Waals surface area contributed by atoms with Crippen LogP contribution < -0.4 is 0 Å². The third-order valence-electron chi connectivity index (χ3n) is 5.31. The second-order valence-electron chi connectivity index (χ2n) is 7.05. The van der Waals surface area contributed by atoms with Crippen LogP contribution in [-0.2, 0) is 4.74 Å². The summed E-state index contributed by atoms with van der Waals surface area (Å²) in [5.41, 5.74) is 1.70. The molecule has 1 aromatic heterocycles. The standard InChI is InChI=1S/C20H25N3O2/c24-20(16-4-3-5-17(14-16)23-13-10-21-15-23)22-11-8-19(9-12-22)25-18-6-1-2-7-18/h3-5,10,13-15,18-19H,1-2,6-9,11-12H2. The number of benzene rings is 1. The minimum absolute atomic E-state index is 0.112. The maximum Gasteiger partial charge on any atom is 0.253 e. The van der Waals surface area contributed by atoms with E-state index in [9.17, 15) is 4.79 Å². The minimum Gasteiger partial charge on any atom is -0.375 e. The Kier molecular flexibility index (Phi) is 4.83. The van der Waals surface area contributed by atoms with E-state index < -0.39 is 0 Å². The zero-order chi connectivity index (χ0) is 17.1. The largest absolute Gasteiger partial charge is 0.375 e. The van der Waals surface area contributed by atoms with Crippen molar-refractivity contribution in [1.82, 2.24) is 14.5 Å². The van der Waals surface area contributed by atoms with Gasteiger partial charge in [-0.15, -0.1) is 0 Å². The van der Waals surface area contributed by atoms with Crippen molar-refractivity contribution in [2.75, 3.05) is 13.1 Å². The van der Waals surface area contributed by atoms with Crippen molar-refractivity contribution >= 4 is 5.91 Å². The number of hydrogen-bond acceptors (Lipinski definition) is 3. The fourth-order valence-corrected chi connectivity index (χ4v) is 3.89. The molecular formula is C20H25N3O2. The number of nitrogens with zero attached hydrogens (tertiary/aromatic N) is 3. The summed E-state index contributed by atoms with van der Waals surface area (Å²) in [5, 5.41) is 0. The number of aromatic nitrogens is 2. The van der Waals surface area contributed by atoms with Crippen molar-refractivity contribution < 1.29 is 9.53 Å². The zero-order valence-corrected chi connectivity index (χ0v) is 14.5. The van der Waals surface area contributed by atoms with Gasteiger partial charge in [-0.3, -0.25) is 4.79 Å². The van der Waals surface area contributed by atoms with Crippen molar-refractivity contribution in [1.29, 1.82) is 0 Å². The first kappa shape index (κ1) is 16.3. The number of carbonyl (C=O) groups excluding carboxylic acids is 1. The third kappa shape index (κ3) is 3.76. The Morgan fingerprint density at radius 1 is 1.08 bits per heavy atom. The van der Waals surface area contributed by atoms with Gasteiger partial charge in [0.05, 0.1) is 18.5 Å². The Bertz CT molecular complexity index is 699. The van der Waals surface area contributed by atoms with Crippen molar-refractivity contribution in [3.8, 4) is 5.69 Å². The van der Waals surface area contributed by atoms with Crippen LogP contribution >= 0.6 is 0 Å². The molecule has 0 atom stereocenters. The highest BCUT2D eigenvalue weighted by Crippen LogP contribution is 2.26. The molecule has 2 aromatic rings.